The van der Waals surface area contributed by atoms with Crippen LogP contribution in [0, 0.1) is 12.3 Å². The van der Waals surface area contributed by atoms with Gasteiger partial charge in [0.25, 0.3) is 15.9 Å². The molecule has 3 N–H and O–H groups in total. The summed E-state index contributed by atoms with van der Waals surface area (Å²) >= 11 is 0. The van der Waals surface area contributed by atoms with E-state index in [9.17, 15) is 13.2 Å². The number of imidazole rings is 1. The Bertz CT molecular complexity index is 2040. The highest BCUT2D eigenvalue weighted by Crippen LogP contribution is 2.45. The van der Waals surface area contributed by atoms with E-state index in [1.807, 2.05) is 43.3 Å². The molecule has 1 unspecified atom stereocenters. The summed E-state index contributed by atoms with van der Waals surface area (Å²) in [7, 11) is -4.22. The fraction of sp³-hybridized carbons (Fsp3) is 0.194. The summed E-state index contributed by atoms with van der Waals surface area (Å²) < 4.78 is 34.9. The number of amidine groups is 1. The van der Waals surface area contributed by atoms with E-state index >= 15 is 0 Å². The van der Waals surface area contributed by atoms with Gasteiger partial charge in [-0.15, -0.1) is 4.59 Å². The van der Waals surface area contributed by atoms with E-state index < -0.39 is 14.6 Å². The molecule has 5 aromatic rings. The Hall–Kier alpha value is -4.62. The first kappa shape index (κ1) is 27.2. The molecule has 2 aromatic heterocycles. The Morgan fingerprint density at radius 2 is 1.86 bits per heavy atom. The minimum absolute atomic E-state index is 0.0589. The number of ether oxygens (including phenoxy) is 1. The van der Waals surface area contributed by atoms with Gasteiger partial charge in [0.15, 0.2) is 17.7 Å². The monoisotopic (exact) mass is 596 g/mol. The third kappa shape index (κ3) is 4.29. The number of quaternary nitrogens is 1. The van der Waals surface area contributed by atoms with Crippen molar-refractivity contribution in [2.45, 2.75) is 18.4 Å². The van der Waals surface area contributed by atoms with E-state index in [0.717, 1.165) is 39.5 Å². The molecule has 0 spiro atoms. The lowest BCUT2D eigenvalue weighted by Crippen LogP contribution is -2.53. The number of fused-ring (bicyclic) bond motifs is 2. The summed E-state index contributed by atoms with van der Waals surface area (Å²) in [6.07, 6.45) is 3.82. The van der Waals surface area contributed by atoms with Gasteiger partial charge in [-0.1, -0.05) is 24.3 Å². The summed E-state index contributed by atoms with van der Waals surface area (Å²) in [4.78, 5) is 23.2. The molecule has 4 heterocycles. The number of rotatable bonds is 7. The lowest BCUT2D eigenvalue weighted by atomic mass is 10.1. The van der Waals surface area contributed by atoms with Crippen LogP contribution in [0.3, 0.4) is 0 Å². The second-order valence-corrected chi connectivity index (χ2v) is 12.5. The van der Waals surface area contributed by atoms with Crippen LogP contribution in [-0.2, 0) is 21.3 Å². The van der Waals surface area contributed by atoms with E-state index in [1.54, 1.807) is 30.5 Å². The van der Waals surface area contributed by atoms with Crippen molar-refractivity contribution in [3.8, 4) is 0 Å². The van der Waals surface area contributed by atoms with Crippen molar-refractivity contribution in [1.29, 1.82) is 5.41 Å². The van der Waals surface area contributed by atoms with Gasteiger partial charge in [-0.25, -0.2) is 28.2 Å². The Morgan fingerprint density at radius 1 is 1.07 bits per heavy atom. The maximum Gasteiger partial charge on any atom is 0.269 e. The molecule has 2 aliphatic heterocycles. The van der Waals surface area contributed by atoms with Crippen LogP contribution in [0.25, 0.3) is 21.9 Å². The number of benzene rings is 3. The molecule has 11 nitrogen and oxygen atoms in total. The van der Waals surface area contributed by atoms with Crippen LogP contribution in [0.4, 0.5) is 11.4 Å². The predicted molar refractivity (Wildman–Crippen MR) is 165 cm³/mol. The smallest absolute Gasteiger partial charge is 0.269 e. The number of hydrogen-bond donors (Lipinski definition) is 3. The minimum Gasteiger partial charge on any atom is -0.379 e. The highest BCUT2D eigenvalue weighted by Gasteiger charge is 2.48. The highest BCUT2D eigenvalue weighted by atomic mass is 32.2. The standard InChI is InChI=1S/C31H30N7O4S/c1-21-34-26-10-8-23(18-27(26)35-21)38(30(32)11-12-33-38)31-25-9-7-22(19-36-13-15-42-16-14-36)17-28(25)37(29(31)20-39)43(40,41)24-5-3-2-4-6-24/h2-12,17-18,20,32-33H,13-16,19H2,1H3,(H,34,35)/q+1. The van der Waals surface area contributed by atoms with Gasteiger partial charge >= 0.3 is 0 Å². The van der Waals surface area contributed by atoms with E-state index in [-0.39, 0.29) is 16.4 Å². The first-order chi connectivity index (χ1) is 20.8. The Balaban J connectivity index is 1.52. The van der Waals surface area contributed by atoms with Crippen molar-refractivity contribution in [1.82, 2.24) is 28.9 Å². The van der Waals surface area contributed by atoms with Crippen molar-refractivity contribution in [3.63, 3.8) is 0 Å². The average Bonchev–Trinajstić information content (AvgIpc) is 3.69. The molecule has 218 valence electrons. The normalized spacial score (nSPS) is 19.3. The van der Waals surface area contributed by atoms with Crippen molar-refractivity contribution < 1.29 is 17.9 Å². The minimum atomic E-state index is -4.22. The number of aldehydes is 1. The van der Waals surface area contributed by atoms with Crippen LogP contribution in [0.2, 0.25) is 0 Å². The SMILES string of the molecule is Cc1nc2ccc([N+]3(c4c(C=O)n(S(=O)(=O)c5ccccc5)c5cc(CN6CCOCC6)ccc45)NC=CC3=N)cc2[nH]1. The van der Waals surface area contributed by atoms with Crippen LogP contribution in [-0.4, -0.2) is 65.7 Å². The molecule has 1 saturated heterocycles. The molecule has 7 rings (SSSR count). The summed E-state index contributed by atoms with van der Waals surface area (Å²) in [5, 5.41) is 9.67. The maximum atomic E-state index is 14.3. The molecular weight excluding hydrogens is 566 g/mol. The van der Waals surface area contributed by atoms with Gasteiger partial charge in [0.05, 0.1) is 46.2 Å². The molecule has 0 aliphatic carbocycles. The van der Waals surface area contributed by atoms with E-state index in [1.165, 1.54) is 12.1 Å². The molecule has 0 radical (unpaired) electrons. The lowest BCUT2D eigenvalue weighted by molar-refractivity contribution is 0.0342. The number of aromatic amines is 1. The summed E-state index contributed by atoms with van der Waals surface area (Å²) in [5.41, 5.74) is 6.96. The van der Waals surface area contributed by atoms with Crippen LogP contribution in [0.15, 0.2) is 83.9 Å². The predicted octanol–water partition coefficient (Wildman–Crippen LogP) is 4.36. The number of carbonyl (C=O) groups excluding carboxylic acids is 1. The number of nitrogens with one attached hydrogen (secondary N) is 3. The number of morpholine rings is 1. The Morgan fingerprint density at radius 3 is 2.58 bits per heavy atom. The van der Waals surface area contributed by atoms with Crippen LogP contribution >= 0.6 is 0 Å². The average molecular weight is 597 g/mol. The van der Waals surface area contributed by atoms with Gasteiger partial charge in [-0.2, -0.15) is 0 Å². The van der Waals surface area contributed by atoms with Gasteiger partial charge in [0.1, 0.15) is 5.82 Å². The zero-order chi connectivity index (χ0) is 29.8. The Kier molecular flexibility index (Phi) is 6.51. The van der Waals surface area contributed by atoms with Crippen molar-refractivity contribution >= 4 is 55.5 Å². The number of hydrogen-bond acceptors (Lipinski definition) is 8. The zero-order valence-electron chi connectivity index (χ0n) is 23.4. The zero-order valence-corrected chi connectivity index (χ0v) is 24.3. The molecular formula is C31H30N7O4S+. The van der Waals surface area contributed by atoms with E-state index in [4.69, 9.17) is 10.1 Å². The maximum absolute atomic E-state index is 14.3. The fourth-order valence-electron chi connectivity index (χ4n) is 6.11. The first-order valence-electron chi connectivity index (χ1n) is 14.0. The number of carbonyl (C=O) groups is 1. The van der Waals surface area contributed by atoms with E-state index in [0.29, 0.717) is 48.3 Å². The van der Waals surface area contributed by atoms with Gasteiger partial charge in [-0.3, -0.25) is 9.69 Å². The first-order valence-corrected chi connectivity index (χ1v) is 15.4. The van der Waals surface area contributed by atoms with Crippen molar-refractivity contribution in [2.24, 2.45) is 0 Å². The number of aromatic nitrogens is 3. The lowest BCUT2D eigenvalue weighted by Gasteiger charge is -2.31. The third-order valence-electron chi connectivity index (χ3n) is 8.08. The summed E-state index contributed by atoms with van der Waals surface area (Å²) in [5.74, 6) is 0.862. The molecule has 1 fully saturated rings. The van der Waals surface area contributed by atoms with Crippen molar-refractivity contribution in [3.05, 3.63) is 96.1 Å². The molecule has 0 amide bonds. The fourth-order valence-corrected chi connectivity index (χ4v) is 7.62. The molecule has 0 saturated carbocycles. The van der Waals surface area contributed by atoms with Gasteiger partial charge < -0.3 is 9.72 Å². The van der Waals surface area contributed by atoms with Crippen molar-refractivity contribution in [2.75, 3.05) is 26.3 Å². The highest BCUT2D eigenvalue weighted by molar-refractivity contribution is 7.90. The molecule has 43 heavy (non-hydrogen) atoms. The summed E-state index contributed by atoms with van der Waals surface area (Å²) in [6.45, 7) is 5.29. The van der Waals surface area contributed by atoms with E-state index in [2.05, 4.69) is 20.3 Å². The second-order valence-electron chi connectivity index (χ2n) is 10.7. The van der Waals surface area contributed by atoms with Crippen LogP contribution in [0.5, 0.6) is 0 Å². The number of aryl methyl sites for hydroxylation is 1. The second kappa shape index (κ2) is 10.3. The van der Waals surface area contributed by atoms with Gasteiger partial charge in [-0.05, 0) is 42.8 Å². The number of nitrogens with zero attached hydrogens (tertiary/aromatic N) is 4. The topological polar surface area (TPSA) is 133 Å². The molecule has 2 aliphatic rings. The third-order valence-corrected chi connectivity index (χ3v) is 9.82. The van der Waals surface area contributed by atoms with Gasteiger partial charge in [0, 0.05) is 37.8 Å². The largest absolute Gasteiger partial charge is 0.379 e. The van der Waals surface area contributed by atoms with Gasteiger partial charge in [0.2, 0.25) is 5.69 Å². The summed E-state index contributed by atoms with van der Waals surface area (Å²) in [6, 6.07) is 19.3. The molecule has 0 bridgehead atoms. The molecule has 3 aromatic carbocycles. The van der Waals surface area contributed by atoms with Crippen LogP contribution < -0.4 is 10.0 Å². The Labute approximate surface area is 248 Å². The number of H-pyrrole nitrogens is 1. The molecule has 1 atom stereocenters. The quantitative estimate of drug-likeness (QED) is 0.188. The molecule has 12 heteroatoms. The van der Waals surface area contributed by atoms with Crippen LogP contribution in [0.1, 0.15) is 21.9 Å².